The summed E-state index contributed by atoms with van der Waals surface area (Å²) in [7, 11) is 1.84. The van der Waals surface area contributed by atoms with Gasteiger partial charge in [-0.2, -0.15) is 5.26 Å². The lowest BCUT2D eigenvalue weighted by Gasteiger charge is -2.28. The Morgan fingerprint density at radius 3 is 3.00 bits per heavy atom. The molecule has 1 saturated carbocycles. The molecule has 1 aliphatic carbocycles. The molecule has 1 aliphatic rings. The van der Waals surface area contributed by atoms with Crippen LogP contribution in [-0.4, -0.2) is 19.2 Å². The van der Waals surface area contributed by atoms with Crippen LogP contribution < -0.4 is 10.1 Å². The molecule has 2 rings (SSSR count). The van der Waals surface area contributed by atoms with Gasteiger partial charge in [0.05, 0.1) is 12.7 Å². The summed E-state index contributed by atoms with van der Waals surface area (Å²) in [4.78, 5) is 0. The van der Waals surface area contributed by atoms with Gasteiger partial charge < -0.3 is 10.1 Å². The molecule has 0 bridgehead atoms. The first-order chi connectivity index (χ1) is 9.61. The van der Waals surface area contributed by atoms with Gasteiger partial charge in [0.25, 0.3) is 0 Å². The highest BCUT2D eigenvalue weighted by molar-refractivity contribution is 5.28. The first-order valence-electron chi connectivity index (χ1n) is 7.10. The molecule has 4 heteroatoms. The van der Waals surface area contributed by atoms with Gasteiger partial charge in [-0.1, -0.05) is 12.5 Å². The minimum Gasteiger partial charge on any atom is -0.493 e. The summed E-state index contributed by atoms with van der Waals surface area (Å²) in [6.07, 6.45) is 3.81. The van der Waals surface area contributed by atoms with Gasteiger partial charge in [-0.05, 0) is 50.8 Å². The van der Waals surface area contributed by atoms with Crippen LogP contribution >= 0.6 is 0 Å². The summed E-state index contributed by atoms with van der Waals surface area (Å²) in [6, 6.07) is 7.33. The smallest absolute Gasteiger partial charge is 0.129 e. The van der Waals surface area contributed by atoms with Crippen molar-refractivity contribution in [1.29, 1.82) is 5.26 Å². The molecule has 0 radical (unpaired) electrons. The van der Waals surface area contributed by atoms with Crippen LogP contribution in [0, 0.1) is 30.0 Å². The lowest BCUT2D eigenvalue weighted by atomic mass is 9.86. The van der Waals surface area contributed by atoms with E-state index in [2.05, 4.69) is 11.4 Å². The molecule has 1 N–H and O–H groups in total. The molecule has 3 nitrogen and oxygen atoms in total. The van der Waals surface area contributed by atoms with Crippen LogP contribution in [0.4, 0.5) is 4.39 Å². The Morgan fingerprint density at radius 2 is 2.35 bits per heavy atom. The highest BCUT2D eigenvalue weighted by Crippen LogP contribution is 2.37. The molecule has 0 aliphatic heterocycles. The Bertz CT molecular complexity index is 512. The van der Waals surface area contributed by atoms with Crippen LogP contribution in [-0.2, 0) is 0 Å². The van der Waals surface area contributed by atoms with Crippen LogP contribution in [0.2, 0.25) is 0 Å². The van der Waals surface area contributed by atoms with Crippen LogP contribution in [0.3, 0.4) is 0 Å². The van der Waals surface area contributed by atoms with Crippen LogP contribution in [0.15, 0.2) is 18.2 Å². The number of aryl methyl sites for hydroxylation is 1. The van der Waals surface area contributed by atoms with E-state index in [1.807, 2.05) is 7.05 Å². The van der Waals surface area contributed by atoms with E-state index >= 15 is 0 Å². The van der Waals surface area contributed by atoms with Gasteiger partial charge >= 0.3 is 0 Å². The summed E-state index contributed by atoms with van der Waals surface area (Å²) in [5.74, 6) is 0.607. The average molecular weight is 276 g/mol. The van der Waals surface area contributed by atoms with Gasteiger partial charge in [0.2, 0.25) is 0 Å². The normalized spacial score (nSPS) is 25.4. The van der Waals surface area contributed by atoms with E-state index in [1.54, 1.807) is 19.1 Å². The number of nitrogens with zero attached hydrogens (tertiary/aromatic N) is 1. The van der Waals surface area contributed by atoms with Gasteiger partial charge in [0.1, 0.15) is 17.1 Å². The quantitative estimate of drug-likeness (QED) is 0.898. The third-order valence-corrected chi connectivity index (χ3v) is 4.34. The second kappa shape index (κ2) is 6.23. The van der Waals surface area contributed by atoms with E-state index in [0.29, 0.717) is 23.8 Å². The van der Waals surface area contributed by atoms with Crippen molar-refractivity contribution in [1.82, 2.24) is 5.32 Å². The minimum atomic E-state index is -0.415. The monoisotopic (exact) mass is 276 g/mol. The molecular weight excluding hydrogens is 255 g/mol. The Labute approximate surface area is 119 Å². The van der Waals surface area contributed by atoms with Crippen molar-refractivity contribution < 1.29 is 9.13 Å². The molecule has 108 valence electrons. The number of nitriles is 1. The lowest BCUT2D eigenvalue weighted by Crippen LogP contribution is -2.45. The highest BCUT2D eigenvalue weighted by atomic mass is 19.1. The van der Waals surface area contributed by atoms with Gasteiger partial charge in [-0.15, -0.1) is 0 Å². The van der Waals surface area contributed by atoms with E-state index < -0.39 is 5.54 Å². The molecule has 0 aromatic heterocycles. The molecule has 0 amide bonds. The van der Waals surface area contributed by atoms with E-state index in [-0.39, 0.29) is 5.82 Å². The maximum absolute atomic E-state index is 13.4. The maximum Gasteiger partial charge on any atom is 0.129 e. The molecule has 2 unspecified atom stereocenters. The number of halogens is 1. The summed E-state index contributed by atoms with van der Waals surface area (Å²) < 4.78 is 19.0. The van der Waals surface area contributed by atoms with Gasteiger partial charge in [0.15, 0.2) is 0 Å². The summed E-state index contributed by atoms with van der Waals surface area (Å²) in [5.41, 5.74) is 0.203. The molecule has 1 aromatic rings. The van der Waals surface area contributed by atoms with Crippen LogP contribution in [0.5, 0.6) is 5.75 Å². The molecule has 20 heavy (non-hydrogen) atoms. The number of hydrogen-bond acceptors (Lipinski definition) is 3. The van der Waals surface area contributed by atoms with E-state index in [0.717, 1.165) is 25.7 Å². The van der Waals surface area contributed by atoms with E-state index in [9.17, 15) is 9.65 Å². The van der Waals surface area contributed by atoms with Crippen LogP contribution in [0.25, 0.3) is 0 Å². The van der Waals surface area contributed by atoms with E-state index in [1.165, 1.54) is 6.07 Å². The molecule has 1 fully saturated rings. The fraction of sp³-hybridized carbons (Fsp3) is 0.562. The van der Waals surface area contributed by atoms with Gasteiger partial charge in [-0.3, -0.25) is 0 Å². The van der Waals surface area contributed by atoms with E-state index in [4.69, 9.17) is 4.74 Å². The predicted octanol–water partition coefficient (Wildman–Crippen LogP) is 3.18. The number of hydrogen-bond donors (Lipinski definition) is 1. The van der Waals surface area contributed by atoms with Crippen molar-refractivity contribution in [3.8, 4) is 11.8 Å². The first-order valence-corrected chi connectivity index (χ1v) is 7.10. The molecule has 1 aromatic carbocycles. The zero-order valence-corrected chi connectivity index (χ0v) is 12.1. The molecule has 0 spiro atoms. The van der Waals surface area contributed by atoms with Crippen molar-refractivity contribution in [3.05, 3.63) is 29.6 Å². The maximum atomic E-state index is 13.4. The topological polar surface area (TPSA) is 45.0 Å². The van der Waals surface area contributed by atoms with Crippen molar-refractivity contribution in [2.24, 2.45) is 5.92 Å². The Kier molecular flexibility index (Phi) is 4.61. The Balaban J connectivity index is 1.89. The first kappa shape index (κ1) is 14.8. The number of ether oxygens (including phenoxy) is 1. The largest absolute Gasteiger partial charge is 0.493 e. The third kappa shape index (κ3) is 2.94. The number of benzene rings is 1. The fourth-order valence-corrected chi connectivity index (χ4v) is 2.98. The standard InChI is InChI=1S/C16H21FN2O/c1-12-5-6-14(10-15(12)17)20-9-7-13-4-3-8-16(13,11-18)19-2/h5-6,10,13,19H,3-4,7-9H2,1-2H3. The highest BCUT2D eigenvalue weighted by Gasteiger charge is 2.41. The number of nitrogens with one attached hydrogen (secondary N) is 1. The fourth-order valence-electron chi connectivity index (χ4n) is 2.98. The van der Waals surface area contributed by atoms with Crippen molar-refractivity contribution >= 4 is 0 Å². The number of rotatable bonds is 5. The summed E-state index contributed by atoms with van der Waals surface area (Å²) >= 11 is 0. The van der Waals surface area contributed by atoms with Crippen molar-refractivity contribution in [3.63, 3.8) is 0 Å². The molecule has 2 atom stereocenters. The second-order valence-electron chi connectivity index (χ2n) is 5.47. The molecule has 0 saturated heterocycles. The predicted molar refractivity (Wildman–Crippen MR) is 76.0 cm³/mol. The zero-order valence-electron chi connectivity index (χ0n) is 12.1. The van der Waals surface area contributed by atoms with Crippen LogP contribution in [0.1, 0.15) is 31.2 Å². The minimum absolute atomic E-state index is 0.245. The molecule has 0 heterocycles. The Hall–Kier alpha value is -1.60. The SMILES string of the molecule is CNC1(C#N)CCCC1CCOc1ccc(C)c(F)c1. The average Bonchev–Trinajstić information content (AvgIpc) is 2.86. The summed E-state index contributed by atoms with van der Waals surface area (Å²) in [5, 5.41) is 12.5. The third-order valence-electron chi connectivity index (χ3n) is 4.34. The van der Waals surface area contributed by atoms with Crippen molar-refractivity contribution in [2.45, 2.75) is 38.1 Å². The Morgan fingerprint density at radius 1 is 1.55 bits per heavy atom. The van der Waals surface area contributed by atoms with Gasteiger partial charge in [-0.25, -0.2) is 4.39 Å². The zero-order chi connectivity index (χ0) is 14.6. The summed E-state index contributed by atoms with van der Waals surface area (Å²) in [6.45, 7) is 2.24. The second-order valence-corrected chi connectivity index (χ2v) is 5.47. The van der Waals surface area contributed by atoms with Crippen molar-refractivity contribution in [2.75, 3.05) is 13.7 Å². The molecular formula is C16H21FN2O. The van der Waals surface area contributed by atoms with Gasteiger partial charge in [0, 0.05) is 6.07 Å². The lowest BCUT2D eigenvalue weighted by molar-refractivity contribution is 0.238.